The molecule has 1 fully saturated rings. The van der Waals surface area contributed by atoms with E-state index in [-0.39, 0.29) is 17.4 Å². The van der Waals surface area contributed by atoms with E-state index in [1.54, 1.807) is 36.5 Å². The molecule has 2 aromatic heterocycles. The van der Waals surface area contributed by atoms with Crippen molar-refractivity contribution in [2.45, 2.75) is 25.5 Å². The van der Waals surface area contributed by atoms with E-state index in [0.29, 0.717) is 11.4 Å². The van der Waals surface area contributed by atoms with Crippen LogP contribution in [-0.4, -0.2) is 27.9 Å². The molecule has 2 atom stereocenters. The van der Waals surface area contributed by atoms with Crippen LogP contribution in [0.2, 0.25) is 0 Å². The van der Waals surface area contributed by atoms with Gasteiger partial charge >= 0.3 is 5.91 Å². The molecule has 7 heteroatoms. The zero-order valence-corrected chi connectivity index (χ0v) is 16.9. The molecule has 4 heterocycles. The maximum atomic E-state index is 13.0. The van der Waals surface area contributed by atoms with Gasteiger partial charge in [0.05, 0.1) is 5.57 Å². The van der Waals surface area contributed by atoms with E-state index in [2.05, 4.69) is 4.98 Å². The van der Waals surface area contributed by atoms with Gasteiger partial charge in [0.25, 0.3) is 5.78 Å². The van der Waals surface area contributed by atoms with Gasteiger partial charge in [-0.3, -0.25) is 14.5 Å². The number of amides is 1. The molecule has 30 heavy (non-hydrogen) atoms. The Hall–Kier alpha value is -3.45. The average Bonchev–Trinajstić information content (AvgIpc) is 3.46. The highest BCUT2D eigenvalue weighted by atomic mass is 32.1. The average molecular weight is 418 g/mol. The maximum absolute atomic E-state index is 13.0. The summed E-state index contributed by atoms with van der Waals surface area (Å²) in [7, 11) is 0. The first kappa shape index (κ1) is 18.6. The molecular formula is C23H18N2O4S. The lowest BCUT2D eigenvalue weighted by Gasteiger charge is -2.23. The lowest BCUT2D eigenvalue weighted by molar-refractivity contribution is -0.132. The third kappa shape index (κ3) is 2.90. The Kier molecular flexibility index (Phi) is 4.40. The highest BCUT2D eigenvalue weighted by molar-refractivity contribution is 7.10. The number of aliphatic hydroxyl groups is 1. The topological polar surface area (TPSA) is 79.7 Å². The number of ether oxygens (including phenoxy) is 1. The van der Waals surface area contributed by atoms with Crippen LogP contribution in [0.1, 0.15) is 29.0 Å². The van der Waals surface area contributed by atoms with Crippen LogP contribution in [-0.2, 0) is 16.0 Å². The Morgan fingerprint density at radius 3 is 2.80 bits per heavy atom. The lowest BCUT2D eigenvalue weighted by atomic mass is 9.98. The lowest BCUT2D eigenvalue weighted by Crippen LogP contribution is -2.29. The summed E-state index contributed by atoms with van der Waals surface area (Å²) in [6, 6.07) is 13.5. The number of anilines is 1. The zero-order chi connectivity index (χ0) is 20.8. The molecule has 0 radical (unpaired) electrons. The van der Waals surface area contributed by atoms with E-state index < -0.39 is 17.7 Å². The van der Waals surface area contributed by atoms with Gasteiger partial charge in [-0.15, -0.1) is 11.3 Å². The van der Waals surface area contributed by atoms with Crippen molar-refractivity contribution in [1.29, 1.82) is 0 Å². The number of aromatic nitrogens is 1. The summed E-state index contributed by atoms with van der Waals surface area (Å²) < 4.78 is 5.73. The fraction of sp³-hybridized carbons (Fsp3) is 0.174. The van der Waals surface area contributed by atoms with Crippen LogP contribution < -0.4 is 9.64 Å². The third-order valence-electron chi connectivity index (χ3n) is 5.32. The number of benzene rings is 1. The van der Waals surface area contributed by atoms with E-state index in [0.717, 1.165) is 22.6 Å². The number of hydrogen-bond donors (Lipinski definition) is 1. The molecule has 0 spiro atoms. The Bertz CT molecular complexity index is 1170. The number of ketones is 1. The van der Waals surface area contributed by atoms with Crippen molar-refractivity contribution in [3.63, 3.8) is 0 Å². The van der Waals surface area contributed by atoms with Crippen molar-refractivity contribution >= 4 is 34.6 Å². The molecule has 1 amide bonds. The van der Waals surface area contributed by atoms with Crippen molar-refractivity contribution in [2.24, 2.45) is 0 Å². The van der Waals surface area contributed by atoms with Gasteiger partial charge < -0.3 is 9.84 Å². The molecule has 2 aliphatic rings. The molecule has 2 unspecified atom stereocenters. The summed E-state index contributed by atoms with van der Waals surface area (Å²) >= 11 is 1.42. The number of carbonyl (C=O) groups excluding carboxylic acids is 2. The van der Waals surface area contributed by atoms with Crippen molar-refractivity contribution in [3.05, 3.63) is 81.7 Å². The van der Waals surface area contributed by atoms with Crippen LogP contribution in [0.3, 0.4) is 0 Å². The van der Waals surface area contributed by atoms with Crippen molar-refractivity contribution in [1.82, 2.24) is 4.98 Å². The Balaban J connectivity index is 1.67. The number of Topliss-reactive ketones (excluding diaryl/α,β-unsaturated/α-hetero) is 1. The van der Waals surface area contributed by atoms with Crippen LogP contribution in [0.4, 0.5) is 5.82 Å². The quantitative estimate of drug-likeness (QED) is 0.394. The van der Waals surface area contributed by atoms with E-state index >= 15 is 0 Å². The maximum Gasteiger partial charge on any atom is 0.301 e. The molecule has 1 aromatic carbocycles. The molecule has 1 N–H and O–H groups in total. The van der Waals surface area contributed by atoms with Gasteiger partial charge in [-0.2, -0.15) is 0 Å². The second-order valence-electron chi connectivity index (χ2n) is 7.33. The van der Waals surface area contributed by atoms with Crippen LogP contribution in [0.5, 0.6) is 5.75 Å². The van der Waals surface area contributed by atoms with Crippen molar-refractivity contribution in [3.8, 4) is 5.75 Å². The monoisotopic (exact) mass is 418 g/mol. The summed E-state index contributed by atoms with van der Waals surface area (Å²) in [5.41, 5.74) is 1.53. The molecule has 0 aliphatic carbocycles. The molecule has 6 nitrogen and oxygen atoms in total. The molecule has 150 valence electrons. The predicted molar refractivity (Wildman–Crippen MR) is 114 cm³/mol. The van der Waals surface area contributed by atoms with Gasteiger partial charge in [-0.05, 0) is 54.3 Å². The minimum atomic E-state index is -0.733. The van der Waals surface area contributed by atoms with Crippen LogP contribution in [0, 0.1) is 0 Å². The summed E-state index contributed by atoms with van der Waals surface area (Å²) in [4.78, 5) is 32.4. The molecular weight excluding hydrogens is 400 g/mol. The first-order valence-electron chi connectivity index (χ1n) is 9.60. The second-order valence-corrected chi connectivity index (χ2v) is 8.31. The number of carbonyl (C=O) groups is 2. The van der Waals surface area contributed by atoms with Gasteiger partial charge in [0, 0.05) is 23.1 Å². The number of nitrogens with zero attached hydrogens (tertiary/aromatic N) is 2. The second kappa shape index (κ2) is 7.11. The highest BCUT2D eigenvalue weighted by Crippen LogP contribution is 2.43. The van der Waals surface area contributed by atoms with Gasteiger partial charge in [0.1, 0.15) is 29.5 Å². The Morgan fingerprint density at radius 1 is 1.20 bits per heavy atom. The number of thiophene rings is 1. The van der Waals surface area contributed by atoms with E-state index in [1.165, 1.54) is 16.2 Å². The predicted octanol–water partition coefficient (Wildman–Crippen LogP) is 4.09. The number of hydrogen-bond acceptors (Lipinski definition) is 6. The van der Waals surface area contributed by atoms with Crippen LogP contribution in [0.15, 0.2) is 65.7 Å². The van der Waals surface area contributed by atoms with Gasteiger partial charge in [-0.1, -0.05) is 12.1 Å². The fourth-order valence-electron chi connectivity index (χ4n) is 4.01. The number of fused-ring (bicyclic) bond motifs is 1. The fourth-order valence-corrected chi connectivity index (χ4v) is 4.83. The normalized spacial score (nSPS) is 22.2. The summed E-state index contributed by atoms with van der Waals surface area (Å²) in [5.74, 6) is -0.461. The van der Waals surface area contributed by atoms with Gasteiger partial charge in [0.2, 0.25) is 0 Å². The Morgan fingerprint density at radius 2 is 2.07 bits per heavy atom. The molecule has 1 saturated heterocycles. The van der Waals surface area contributed by atoms with E-state index in [9.17, 15) is 14.7 Å². The van der Waals surface area contributed by atoms with Crippen LogP contribution >= 0.6 is 11.3 Å². The van der Waals surface area contributed by atoms with Crippen LogP contribution in [0.25, 0.3) is 5.76 Å². The number of pyridine rings is 1. The minimum Gasteiger partial charge on any atom is -0.507 e. The minimum absolute atomic E-state index is 0.0678. The third-order valence-corrected chi connectivity index (χ3v) is 6.25. The Labute approximate surface area is 177 Å². The molecule has 2 aliphatic heterocycles. The summed E-state index contributed by atoms with van der Waals surface area (Å²) in [6.07, 6.45) is 2.37. The summed E-state index contributed by atoms with van der Waals surface area (Å²) in [5, 5.41) is 13.0. The van der Waals surface area contributed by atoms with Gasteiger partial charge in [0.15, 0.2) is 0 Å². The van der Waals surface area contributed by atoms with E-state index in [1.807, 2.05) is 30.5 Å². The molecule has 0 saturated carbocycles. The van der Waals surface area contributed by atoms with Crippen molar-refractivity contribution in [2.75, 3.05) is 4.90 Å². The smallest absolute Gasteiger partial charge is 0.301 e. The molecule has 0 bridgehead atoms. The largest absolute Gasteiger partial charge is 0.507 e. The summed E-state index contributed by atoms with van der Waals surface area (Å²) in [6.45, 7) is 1.98. The first-order valence-corrected chi connectivity index (χ1v) is 10.5. The van der Waals surface area contributed by atoms with E-state index in [4.69, 9.17) is 4.74 Å². The van der Waals surface area contributed by atoms with Crippen molar-refractivity contribution < 1.29 is 19.4 Å². The zero-order valence-electron chi connectivity index (χ0n) is 16.1. The first-order chi connectivity index (χ1) is 14.5. The molecule has 3 aromatic rings. The molecule has 5 rings (SSSR count). The number of rotatable bonds is 3. The highest BCUT2D eigenvalue weighted by Gasteiger charge is 2.48. The standard InChI is InChI=1S/C23H18N2O4S/c1-13-11-15-12-14(7-8-16(15)29-13)21(26)19-20(17-5-4-10-30-17)25(23(28)22(19)27)18-6-2-3-9-24-18/h2-10,12-13,20,26H,11H2,1H3. The SMILES string of the molecule is CC1Cc2cc(C(O)=C3C(=O)C(=O)N(c4ccccn4)C3c3cccs3)ccc2O1. The van der Waals surface area contributed by atoms with Gasteiger partial charge in [-0.25, -0.2) is 4.98 Å². The number of aliphatic hydroxyl groups excluding tert-OH is 1.